The summed E-state index contributed by atoms with van der Waals surface area (Å²) in [6.45, 7) is 0. The summed E-state index contributed by atoms with van der Waals surface area (Å²) in [5.41, 5.74) is 7.35. The summed E-state index contributed by atoms with van der Waals surface area (Å²) in [4.78, 5) is 4.62. The van der Waals surface area contributed by atoms with Crippen LogP contribution in [0.2, 0.25) is 0 Å². The number of hydrogen-bond acceptors (Lipinski definition) is 4. The molecule has 2 aromatic rings. The van der Waals surface area contributed by atoms with Gasteiger partial charge in [-0.1, -0.05) is 0 Å². The molecule has 66 valence electrons. The van der Waals surface area contributed by atoms with Gasteiger partial charge in [-0.25, -0.2) is 0 Å². The van der Waals surface area contributed by atoms with Crippen LogP contribution in [0.25, 0.3) is 11.3 Å². The first-order valence-electron chi connectivity index (χ1n) is 3.72. The van der Waals surface area contributed by atoms with Gasteiger partial charge in [0.15, 0.2) is 0 Å². The highest BCUT2D eigenvalue weighted by molar-refractivity contribution is 5.70. The molecule has 2 rings (SSSR count). The molecule has 0 radical (unpaired) electrons. The van der Waals surface area contributed by atoms with Crippen molar-refractivity contribution in [3.8, 4) is 11.3 Å². The summed E-state index contributed by atoms with van der Waals surface area (Å²) < 4.78 is 0. The van der Waals surface area contributed by atoms with Crippen molar-refractivity contribution in [3.05, 3.63) is 30.7 Å². The van der Waals surface area contributed by atoms with Crippen molar-refractivity contribution in [1.29, 1.82) is 0 Å². The molecule has 3 N–H and O–H groups in total. The van der Waals surface area contributed by atoms with Gasteiger partial charge in [0.1, 0.15) is 5.69 Å². The van der Waals surface area contributed by atoms with E-state index in [0.717, 1.165) is 5.56 Å². The number of aromatic nitrogens is 3. The van der Waals surface area contributed by atoms with Crippen LogP contribution in [0.5, 0.6) is 0 Å². The van der Waals surface area contributed by atoms with Crippen LogP contribution in [0.1, 0.15) is 0 Å². The van der Waals surface area contributed by atoms with Crippen molar-refractivity contribution in [1.82, 2.24) is 14.9 Å². The zero-order valence-corrected chi connectivity index (χ0v) is 6.75. The zero-order chi connectivity index (χ0) is 9.26. The molecule has 0 bridgehead atoms. The number of rotatable bonds is 1. The lowest BCUT2D eigenvalue weighted by molar-refractivity contribution is 0.149. The molecule has 5 heteroatoms. The third-order valence-corrected chi connectivity index (χ3v) is 1.67. The van der Waals surface area contributed by atoms with Gasteiger partial charge >= 0.3 is 0 Å². The second-order valence-corrected chi connectivity index (χ2v) is 2.60. The Morgan fingerprint density at radius 1 is 1.46 bits per heavy atom. The topological polar surface area (TPSA) is 77.0 Å². The molecule has 0 aliphatic heterocycles. The largest absolute Gasteiger partial charge is 0.412 e. The molecule has 5 nitrogen and oxygen atoms in total. The standard InChI is InChI=1S/C8H8N4O/c9-7-5-12(13)11-8(7)6-2-1-3-10-4-6/h1-5,13H,9H2. The molecule has 0 saturated carbocycles. The first-order chi connectivity index (χ1) is 6.27. The van der Waals surface area contributed by atoms with Crippen LogP contribution in [0.4, 0.5) is 5.69 Å². The zero-order valence-electron chi connectivity index (χ0n) is 6.75. The smallest absolute Gasteiger partial charge is 0.120 e. The van der Waals surface area contributed by atoms with E-state index >= 15 is 0 Å². The third kappa shape index (κ3) is 1.31. The van der Waals surface area contributed by atoms with Gasteiger partial charge in [0.2, 0.25) is 0 Å². The summed E-state index contributed by atoms with van der Waals surface area (Å²) >= 11 is 0. The molecular weight excluding hydrogens is 168 g/mol. The maximum Gasteiger partial charge on any atom is 0.120 e. The molecule has 0 amide bonds. The SMILES string of the molecule is Nc1cn(O)nc1-c1cccnc1. The molecule has 0 atom stereocenters. The molecule has 0 fully saturated rings. The van der Waals surface area contributed by atoms with E-state index in [-0.39, 0.29) is 0 Å². The first kappa shape index (κ1) is 7.60. The predicted octanol–water partition coefficient (Wildman–Crippen LogP) is 0.765. The van der Waals surface area contributed by atoms with Crippen molar-refractivity contribution < 1.29 is 5.21 Å². The van der Waals surface area contributed by atoms with Crippen LogP contribution in [0.3, 0.4) is 0 Å². The Balaban J connectivity index is 2.53. The molecule has 0 unspecified atom stereocenters. The van der Waals surface area contributed by atoms with Crippen molar-refractivity contribution in [2.75, 3.05) is 5.73 Å². The highest BCUT2D eigenvalue weighted by Crippen LogP contribution is 2.21. The van der Waals surface area contributed by atoms with Gasteiger partial charge in [0.05, 0.1) is 11.9 Å². The van der Waals surface area contributed by atoms with Gasteiger partial charge in [0, 0.05) is 18.0 Å². The highest BCUT2D eigenvalue weighted by Gasteiger charge is 2.07. The van der Waals surface area contributed by atoms with Crippen LogP contribution < -0.4 is 5.73 Å². The van der Waals surface area contributed by atoms with Crippen LogP contribution in [-0.4, -0.2) is 20.1 Å². The Labute approximate surface area is 74.4 Å². The van der Waals surface area contributed by atoms with Gasteiger partial charge in [-0.2, -0.15) is 0 Å². The van der Waals surface area contributed by atoms with Crippen molar-refractivity contribution in [2.45, 2.75) is 0 Å². The molecule has 2 heterocycles. The third-order valence-electron chi connectivity index (χ3n) is 1.67. The fraction of sp³-hybridized carbons (Fsp3) is 0. The number of nitrogen functional groups attached to an aromatic ring is 1. The van der Waals surface area contributed by atoms with Crippen molar-refractivity contribution in [2.24, 2.45) is 0 Å². The van der Waals surface area contributed by atoms with Gasteiger partial charge in [-0.15, -0.1) is 9.94 Å². The number of anilines is 1. The molecular formula is C8H8N4O. The minimum absolute atomic E-state index is 0.426. The Kier molecular flexibility index (Phi) is 1.63. The van der Waals surface area contributed by atoms with Crippen molar-refractivity contribution >= 4 is 5.69 Å². The van der Waals surface area contributed by atoms with Crippen LogP contribution in [-0.2, 0) is 0 Å². The monoisotopic (exact) mass is 176 g/mol. The van der Waals surface area contributed by atoms with Gasteiger partial charge in [-0.3, -0.25) is 4.98 Å². The minimum Gasteiger partial charge on any atom is -0.412 e. The summed E-state index contributed by atoms with van der Waals surface area (Å²) in [6, 6.07) is 3.61. The lowest BCUT2D eigenvalue weighted by Gasteiger charge is -1.94. The Bertz CT molecular complexity index is 409. The molecule has 0 spiro atoms. The summed E-state index contributed by atoms with van der Waals surface area (Å²) in [5, 5.41) is 12.8. The minimum atomic E-state index is 0.426. The summed E-state index contributed by atoms with van der Waals surface area (Å²) in [6.07, 6.45) is 4.64. The van der Waals surface area contributed by atoms with Crippen LogP contribution >= 0.6 is 0 Å². The Hall–Kier alpha value is -2.04. The maximum absolute atomic E-state index is 9.00. The van der Waals surface area contributed by atoms with E-state index in [1.165, 1.54) is 6.20 Å². The molecule has 0 saturated heterocycles. The number of pyridine rings is 1. The van der Waals surface area contributed by atoms with Gasteiger partial charge < -0.3 is 10.9 Å². The summed E-state index contributed by atoms with van der Waals surface area (Å²) in [7, 11) is 0. The van der Waals surface area contributed by atoms with E-state index in [1.807, 2.05) is 6.07 Å². The number of nitrogens with zero attached hydrogens (tertiary/aromatic N) is 3. The van der Waals surface area contributed by atoms with Crippen LogP contribution in [0, 0.1) is 0 Å². The second kappa shape index (κ2) is 2.78. The highest BCUT2D eigenvalue weighted by atomic mass is 16.5. The normalized spacial score (nSPS) is 10.2. The molecule has 0 aliphatic carbocycles. The second-order valence-electron chi connectivity index (χ2n) is 2.60. The summed E-state index contributed by atoms with van der Waals surface area (Å²) in [5.74, 6) is 0. The lowest BCUT2D eigenvalue weighted by Crippen LogP contribution is -1.89. The Morgan fingerprint density at radius 3 is 2.85 bits per heavy atom. The fourth-order valence-corrected chi connectivity index (χ4v) is 1.10. The van der Waals surface area contributed by atoms with E-state index in [4.69, 9.17) is 10.9 Å². The van der Waals surface area contributed by atoms with Gasteiger partial charge in [-0.05, 0) is 12.1 Å². The Morgan fingerprint density at radius 2 is 2.31 bits per heavy atom. The van der Waals surface area contributed by atoms with Gasteiger partial charge in [0.25, 0.3) is 0 Å². The average Bonchev–Trinajstić information content (AvgIpc) is 2.47. The van der Waals surface area contributed by atoms with Crippen molar-refractivity contribution in [3.63, 3.8) is 0 Å². The molecule has 0 aliphatic rings. The van der Waals surface area contributed by atoms with E-state index in [9.17, 15) is 0 Å². The number of nitrogens with two attached hydrogens (primary N) is 1. The molecule has 0 aromatic carbocycles. The van der Waals surface area contributed by atoms with E-state index < -0.39 is 0 Å². The quantitative estimate of drug-likeness (QED) is 0.629. The van der Waals surface area contributed by atoms with E-state index in [0.29, 0.717) is 16.2 Å². The van der Waals surface area contributed by atoms with E-state index in [1.54, 1.807) is 18.5 Å². The predicted molar refractivity (Wildman–Crippen MR) is 47.1 cm³/mol. The average molecular weight is 176 g/mol. The first-order valence-corrected chi connectivity index (χ1v) is 3.72. The molecule has 2 aromatic heterocycles. The fourth-order valence-electron chi connectivity index (χ4n) is 1.10. The lowest BCUT2D eigenvalue weighted by atomic mass is 10.2. The van der Waals surface area contributed by atoms with Crippen LogP contribution in [0.15, 0.2) is 30.7 Å². The van der Waals surface area contributed by atoms with E-state index in [2.05, 4.69) is 10.1 Å². The number of hydrogen-bond donors (Lipinski definition) is 2. The maximum atomic E-state index is 9.00. The molecule has 13 heavy (non-hydrogen) atoms.